The van der Waals surface area contributed by atoms with E-state index >= 15 is 0 Å². The first-order chi connectivity index (χ1) is 17.0. The predicted molar refractivity (Wildman–Crippen MR) is 140 cm³/mol. The molecule has 0 radical (unpaired) electrons. The molecule has 0 aliphatic carbocycles. The van der Waals surface area contributed by atoms with E-state index in [2.05, 4.69) is 46.8 Å². The number of amides is 2. The van der Waals surface area contributed by atoms with E-state index in [0.717, 1.165) is 22.9 Å². The van der Waals surface area contributed by atoms with E-state index in [4.69, 9.17) is 14.2 Å². The van der Waals surface area contributed by atoms with Gasteiger partial charge in [0.15, 0.2) is 11.5 Å². The molecule has 2 heterocycles. The number of hydrogen-bond acceptors (Lipinski definition) is 5. The molecule has 2 aliphatic rings. The summed E-state index contributed by atoms with van der Waals surface area (Å²) in [6.45, 7) is 6.49. The number of alkyl halides is 1. The number of carbonyl (C=O) groups is 2. The quantitative estimate of drug-likeness (QED) is 0.249. The van der Waals surface area contributed by atoms with Crippen molar-refractivity contribution in [1.82, 2.24) is 4.90 Å². The van der Waals surface area contributed by atoms with Crippen LogP contribution in [0, 0.1) is 6.92 Å². The summed E-state index contributed by atoms with van der Waals surface area (Å²) in [7, 11) is 1.53. The molecule has 7 nitrogen and oxygen atoms in total. The Balaban J connectivity index is 1.76. The van der Waals surface area contributed by atoms with Crippen LogP contribution in [0.4, 0.5) is 10.5 Å². The Morgan fingerprint density at radius 3 is 2.69 bits per heavy atom. The Labute approximate surface area is 214 Å². The minimum Gasteiger partial charge on any atom is -0.493 e. The molecule has 0 unspecified atom stereocenters. The van der Waals surface area contributed by atoms with Gasteiger partial charge in [0.1, 0.15) is 6.61 Å². The third-order valence-corrected chi connectivity index (χ3v) is 6.64. The largest absolute Gasteiger partial charge is 0.493 e. The highest BCUT2D eigenvalue weighted by Gasteiger charge is 2.40. The van der Waals surface area contributed by atoms with Gasteiger partial charge in [0.05, 0.1) is 37.6 Å². The van der Waals surface area contributed by atoms with Gasteiger partial charge < -0.3 is 19.1 Å². The molecule has 0 spiro atoms. The standard InChI is InChI=1S/C27H29BrN2O5/c1-4-11-35-27(32)30-17-21-13-20(19-8-6-18(2)7-9-19)16-29(21)26(31)22-14-24(33-3)25(15-23(22)30)34-12-5-10-28/h4,6-9,14-16,21H,1,5,10-13,17H2,2-3H3/t21-/m0/s1. The molecule has 0 N–H and O–H groups in total. The van der Waals surface area contributed by atoms with Crippen molar-refractivity contribution >= 4 is 39.2 Å². The number of benzene rings is 2. The van der Waals surface area contributed by atoms with Crippen LogP contribution in [0.1, 0.15) is 34.3 Å². The minimum absolute atomic E-state index is 0.0740. The van der Waals surface area contributed by atoms with Crippen molar-refractivity contribution in [3.8, 4) is 11.5 Å². The molecule has 2 aromatic rings. The van der Waals surface area contributed by atoms with E-state index in [-0.39, 0.29) is 25.1 Å². The molecule has 0 saturated carbocycles. The van der Waals surface area contributed by atoms with Crippen molar-refractivity contribution in [2.45, 2.75) is 25.8 Å². The van der Waals surface area contributed by atoms with E-state index < -0.39 is 6.09 Å². The number of carbonyl (C=O) groups excluding carboxylic acids is 2. The fourth-order valence-corrected chi connectivity index (χ4v) is 4.53. The number of halogens is 1. The van der Waals surface area contributed by atoms with Gasteiger partial charge in [0, 0.05) is 17.6 Å². The second-order valence-corrected chi connectivity index (χ2v) is 9.27. The first kappa shape index (κ1) is 24.9. The van der Waals surface area contributed by atoms with Crippen LogP contribution in [0.5, 0.6) is 11.5 Å². The van der Waals surface area contributed by atoms with Crippen LogP contribution in [-0.2, 0) is 4.74 Å². The SMILES string of the molecule is C=CCOC(=O)N1C[C@@H]2CC(c3ccc(C)cc3)=CN2C(=O)c2cc(OC)c(OCCCBr)cc21. The molecule has 0 saturated heterocycles. The van der Waals surface area contributed by atoms with Crippen LogP contribution in [-0.4, -0.2) is 55.1 Å². The number of ether oxygens (including phenoxy) is 3. The van der Waals surface area contributed by atoms with Gasteiger partial charge in [-0.15, -0.1) is 0 Å². The Kier molecular flexibility index (Phi) is 7.80. The van der Waals surface area contributed by atoms with Gasteiger partial charge >= 0.3 is 6.09 Å². The molecule has 4 rings (SSSR count). The summed E-state index contributed by atoms with van der Waals surface area (Å²) in [4.78, 5) is 30.1. The monoisotopic (exact) mass is 540 g/mol. The van der Waals surface area contributed by atoms with Gasteiger partial charge in [-0.3, -0.25) is 9.69 Å². The maximum Gasteiger partial charge on any atom is 0.414 e. The average Bonchev–Trinajstić information content (AvgIpc) is 3.25. The molecule has 8 heteroatoms. The summed E-state index contributed by atoms with van der Waals surface area (Å²) in [6.07, 6.45) is 4.30. The zero-order chi connectivity index (χ0) is 24.9. The van der Waals surface area contributed by atoms with Crippen molar-refractivity contribution in [3.05, 3.63) is 71.9 Å². The summed E-state index contributed by atoms with van der Waals surface area (Å²) in [6, 6.07) is 11.3. The summed E-state index contributed by atoms with van der Waals surface area (Å²) in [5.41, 5.74) is 4.08. The van der Waals surface area contributed by atoms with Crippen LogP contribution in [0.25, 0.3) is 5.57 Å². The van der Waals surface area contributed by atoms with Gasteiger partial charge in [-0.05, 0) is 37.0 Å². The first-order valence-corrected chi connectivity index (χ1v) is 12.6. The molecule has 2 amide bonds. The van der Waals surface area contributed by atoms with Gasteiger partial charge in [0.25, 0.3) is 5.91 Å². The zero-order valence-corrected chi connectivity index (χ0v) is 21.5. The molecular formula is C27H29BrN2O5. The molecule has 0 aromatic heterocycles. The summed E-state index contributed by atoms with van der Waals surface area (Å²) in [5, 5.41) is 0.797. The van der Waals surface area contributed by atoms with Crippen LogP contribution in [0.2, 0.25) is 0 Å². The Hall–Kier alpha value is -3.26. The maximum atomic E-state index is 13.8. The second-order valence-electron chi connectivity index (χ2n) is 8.48. The van der Waals surface area contributed by atoms with Crippen LogP contribution in [0.15, 0.2) is 55.3 Å². The van der Waals surface area contributed by atoms with Gasteiger partial charge in [-0.2, -0.15) is 0 Å². The van der Waals surface area contributed by atoms with Crippen molar-refractivity contribution in [2.75, 3.05) is 37.1 Å². The Morgan fingerprint density at radius 1 is 1.23 bits per heavy atom. The summed E-state index contributed by atoms with van der Waals surface area (Å²) in [5.74, 6) is 0.711. The van der Waals surface area contributed by atoms with E-state index in [9.17, 15) is 9.59 Å². The number of anilines is 1. The van der Waals surface area contributed by atoms with Crippen LogP contribution >= 0.6 is 15.9 Å². The number of aryl methyl sites for hydroxylation is 1. The molecule has 2 aliphatic heterocycles. The molecule has 0 fully saturated rings. The third kappa shape index (κ3) is 5.22. The summed E-state index contributed by atoms with van der Waals surface area (Å²) < 4.78 is 16.8. The Bertz CT molecular complexity index is 1150. The molecule has 35 heavy (non-hydrogen) atoms. The number of methoxy groups -OCH3 is 1. The lowest BCUT2D eigenvalue weighted by Crippen LogP contribution is -2.41. The number of fused-ring (bicyclic) bond motifs is 2. The fraction of sp³-hybridized carbons (Fsp3) is 0.333. The van der Waals surface area contributed by atoms with Gasteiger partial charge in [-0.25, -0.2) is 4.79 Å². The molecular weight excluding hydrogens is 512 g/mol. The third-order valence-electron chi connectivity index (χ3n) is 6.08. The molecule has 184 valence electrons. The van der Waals surface area contributed by atoms with E-state index in [0.29, 0.717) is 35.8 Å². The van der Waals surface area contributed by atoms with E-state index in [1.165, 1.54) is 23.6 Å². The fourth-order valence-electron chi connectivity index (χ4n) is 4.30. The first-order valence-electron chi connectivity index (χ1n) is 11.5. The van der Waals surface area contributed by atoms with E-state index in [1.807, 2.05) is 13.1 Å². The summed E-state index contributed by atoms with van der Waals surface area (Å²) >= 11 is 3.40. The molecule has 1 atom stereocenters. The van der Waals surface area contributed by atoms with Crippen molar-refractivity contribution < 1.29 is 23.8 Å². The van der Waals surface area contributed by atoms with Crippen molar-refractivity contribution in [1.29, 1.82) is 0 Å². The van der Waals surface area contributed by atoms with Crippen LogP contribution in [0.3, 0.4) is 0 Å². The topological polar surface area (TPSA) is 68.3 Å². The zero-order valence-electron chi connectivity index (χ0n) is 20.0. The van der Waals surface area contributed by atoms with Crippen LogP contribution < -0.4 is 14.4 Å². The molecule has 2 aromatic carbocycles. The predicted octanol–water partition coefficient (Wildman–Crippen LogP) is 5.57. The highest BCUT2D eigenvalue weighted by Crippen LogP contribution is 2.41. The minimum atomic E-state index is -0.541. The lowest BCUT2D eigenvalue weighted by atomic mass is 10.0. The average molecular weight is 541 g/mol. The highest BCUT2D eigenvalue weighted by atomic mass is 79.9. The second kappa shape index (κ2) is 11.0. The van der Waals surface area contributed by atoms with Gasteiger partial charge in [-0.1, -0.05) is 58.4 Å². The normalized spacial score (nSPS) is 16.7. The highest BCUT2D eigenvalue weighted by molar-refractivity contribution is 9.09. The lowest BCUT2D eigenvalue weighted by Gasteiger charge is -2.26. The number of rotatable bonds is 8. The smallest absolute Gasteiger partial charge is 0.414 e. The maximum absolute atomic E-state index is 13.8. The molecule has 0 bridgehead atoms. The Morgan fingerprint density at radius 2 is 2.00 bits per heavy atom. The van der Waals surface area contributed by atoms with Crippen molar-refractivity contribution in [3.63, 3.8) is 0 Å². The van der Waals surface area contributed by atoms with Crippen molar-refractivity contribution in [2.24, 2.45) is 0 Å². The number of hydrogen-bond donors (Lipinski definition) is 0. The van der Waals surface area contributed by atoms with E-state index in [1.54, 1.807) is 17.0 Å². The van der Waals surface area contributed by atoms with Gasteiger partial charge in [0.2, 0.25) is 0 Å². The number of nitrogens with zero attached hydrogens (tertiary/aromatic N) is 2. The lowest BCUT2D eigenvalue weighted by molar-refractivity contribution is 0.0794.